The summed E-state index contributed by atoms with van der Waals surface area (Å²) >= 11 is 0. The molecule has 2 aliphatic heterocycles. The smallest absolute Gasteiger partial charge is 0.222 e. The Hall–Kier alpha value is -0.980. The molecular weight excluding hydrogens is 340 g/mol. The van der Waals surface area contributed by atoms with Gasteiger partial charge in [0.05, 0.1) is 6.54 Å². The van der Waals surface area contributed by atoms with E-state index in [9.17, 15) is 9.59 Å². The second kappa shape index (κ2) is 11.8. The number of likely N-dealkylation sites (tertiary alicyclic amines) is 1. The van der Waals surface area contributed by atoms with Crippen molar-refractivity contribution in [3.8, 4) is 0 Å². The van der Waals surface area contributed by atoms with Gasteiger partial charge in [-0.1, -0.05) is 13.8 Å². The molecule has 0 unspecified atom stereocenters. The third-order valence-corrected chi connectivity index (χ3v) is 5.76. The molecule has 2 rings (SSSR count). The molecule has 2 heterocycles. The summed E-state index contributed by atoms with van der Waals surface area (Å²) in [5.74, 6) is 1.34. The molecule has 0 saturated carbocycles. The minimum absolute atomic E-state index is 0.269. The monoisotopic (exact) mass is 380 g/mol. The van der Waals surface area contributed by atoms with Crippen LogP contribution in [0.25, 0.3) is 0 Å². The molecule has 6 heteroatoms. The standard InChI is InChI=1S/C21H40N4O2/c1-18(2)22-9-5-4-6-21(27)25-14-12-24(13-15-25)17-20-7-10-23(11-8-20)16-19(3)26/h18,20,22H,4-17H2,1-3H3. The minimum atomic E-state index is 0.269. The molecule has 2 fully saturated rings. The zero-order chi connectivity index (χ0) is 19.6. The van der Waals surface area contributed by atoms with E-state index < -0.39 is 0 Å². The molecule has 156 valence electrons. The Bertz CT molecular complexity index is 453. The summed E-state index contributed by atoms with van der Waals surface area (Å²) in [6, 6.07) is 0.523. The molecule has 0 aromatic heterocycles. The first-order valence-electron chi connectivity index (χ1n) is 10.9. The van der Waals surface area contributed by atoms with Gasteiger partial charge in [-0.3, -0.25) is 19.4 Å². The number of unbranched alkanes of at least 4 members (excludes halogenated alkanes) is 1. The normalized spacial score (nSPS) is 20.4. The Morgan fingerprint density at radius 1 is 0.963 bits per heavy atom. The third kappa shape index (κ3) is 8.71. The van der Waals surface area contributed by atoms with E-state index in [1.54, 1.807) is 6.92 Å². The van der Waals surface area contributed by atoms with E-state index in [1.807, 2.05) is 0 Å². The Kier molecular flexibility index (Phi) is 9.73. The maximum absolute atomic E-state index is 12.4. The van der Waals surface area contributed by atoms with Gasteiger partial charge < -0.3 is 10.2 Å². The topological polar surface area (TPSA) is 55.9 Å². The van der Waals surface area contributed by atoms with E-state index in [-0.39, 0.29) is 5.78 Å². The molecule has 6 nitrogen and oxygen atoms in total. The van der Waals surface area contributed by atoms with Crippen LogP contribution in [0.4, 0.5) is 0 Å². The molecule has 2 saturated heterocycles. The molecule has 27 heavy (non-hydrogen) atoms. The van der Waals surface area contributed by atoms with Gasteiger partial charge in [-0.25, -0.2) is 0 Å². The van der Waals surface area contributed by atoms with Crippen LogP contribution >= 0.6 is 0 Å². The van der Waals surface area contributed by atoms with Gasteiger partial charge in [0.15, 0.2) is 0 Å². The number of hydrogen-bond acceptors (Lipinski definition) is 5. The summed E-state index contributed by atoms with van der Waals surface area (Å²) in [5, 5.41) is 3.40. The fourth-order valence-electron chi connectivity index (χ4n) is 4.14. The molecule has 0 aromatic rings. The van der Waals surface area contributed by atoms with Crippen LogP contribution in [0.2, 0.25) is 0 Å². The van der Waals surface area contributed by atoms with Crippen molar-refractivity contribution in [3.63, 3.8) is 0 Å². The zero-order valence-electron chi connectivity index (χ0n) is 17.7. The van der Waals surface area contributed by atoms with Gasteiger partial charge >= 0.3 is 0 Å². The largest absolute Gasteiger partial charge is 0.340 e. The van der Waals surface area contributed by atoms with Crippen LogP contribution in [-0.2, 0) is 9.59 Å². The van der Waals surface area contributed by atoms with Gasteiger partial charge in [-0.2, -0.15) is 0 Å². The number of rotatable bonds is 10. The summed E-state index contributed by atoms with van der Waals surface area (Å²) in [6.07, 6.45) is 5.13. The fraction of sp³-hybridized carbons (Fsp3) is 0.905. The van der Waals surface area contributed by atoms with Crippen molar-refractivity contribution in [1.29, 1.82) is 0 Å². The van der Waals surface area contributed by atoms with Crippen molar-refractivity contribution in [3.05, 3.63) is 0 Å². The van der Waals surface area contributed by atoms with Gasteiger partial charge in [-0.05, 0) is 58.2 Å². The molecule has 0 radical (unpaired) electrons. The van der Waals surface area contributed by atoms with E-state index in [1.165, 1.54) is 12.8 Å². The quantitative estimate of drug-likeness (QED) is 0.584. The number of nitrogens with zero attached hydrogens (tertiary/aromatic N) is 3. The van der Waals surface area contributed by atoms with Crippen LogP contribution in [0.3, 0.4) is 0 Å². The highest BCUT2D eigenvalue weighted by Crippen LogP contribution is 2.19. The Balaban J connectivity index is 1.56. The molecular formula is C21H40N4O2. The van der Waals surface area contributed by atoms with Gasteiger partial charge in [-0.15, -0.1) is 0 Å². The van der Waals surface area contributed by atoms with E-state index >= 15 is 0 Å². The van der Waals surface area contributed by atoms with Crippen molar-refractivity contribution in [2.24, 2.45) is 5.92 Å². The second-order valence-corrected chi connectivity index (χ2v) is 8.67. The average Bonchev–Trinajstić information content (AvgIpc) is 2.63. The average molecular weight is 381 g/mol. The lowest BCUT2D eigenvalue weighted by atomic mass is 9.95. The number of Topliss-reactive ketones (excluding diaryl/α,β-unsaturated/α-hetero) is 1. The van der Waals surface area contributed by atoms with Gasteiger partial charge in [0.1, 0.15) is 5.78 Å². The van der Waals surface area contributed by atoms with Crippen LogP contribution in [0.1, 0.15) is 52.9 Å². The summed E-state index contributed by atoms with van der Waals surface area (Å²) in [6.45, 7) is 14.6. The number of carbonyl (C=O) groups excluding carboxylic acids is 2. The van der Waals surface area contributed by atoms with Crippen LogP contribution < -0.4 is 5.32 Å². The number of hydrogen-bond donors (Lipinski definition) is 1. The lowest BCUT2D eigenvalue weighted by Crippen LogP contribution is -2.50. The highest BCUT2D eigenvalue weighted by atomic mass is 16.2. The van der Waals surface area contributed by atoms with E-state index in [2.05, 4.69) is 33.9 Å². The first kappa shape index (κ1) is 22.3. The molecule has 0 spiro atoms. The highest BCUT2D eigenvalue weighted by molar-refractivity contribution is 5.77. The highest BCUT2D eigenvalue weighted by Gasteiger charge is 2.25. The van der Waals surface area contributed by atoms with Crippen LogP contribution in [0, 0.1) is 5.92 Å². The molecule has 1 amide bonds. The number of piperidine rings is 1. The van der Waals surface area contributed by atoms with Crippen LogP contribution in [0.5, 0.6) is 0 Å². The predicted octanol–water partition coefficient (Wildman–Crippen LogP) is 1.60. The van der Waals surface area contributed by atoms with Gasteiger partial charge in [0.25, 0.3) is 0 Å². The third-order valence-electron chi connectivity index (χ3n) is 5.76. The number of carbonyl (C=O) groups is 2. The van der Waals surface area contributed by atoms with E-state index in [4.69, 9.17) is 0 Å². The van der Waals surface area contributed by atoms with Crippen molar-refractivity contribution < 1.29 is 9.59 Å². The lowest BCUT2D eigenvalue weighted by molar-refractivity contribution is -0.133. The first-order chi connectivity index (χ1) is 12.9. The fourth-order valence-corrected chi connectivity index (χ4v) is 4.14. The van der Waals surface area contributed by atoms with Crippen molar-refractivity contribution in [2.45, 2.75) is 58.9 Å². The lowest BCUT2D eigenvalue weighted by Gasteiger charge is -2.38. The number of ketones is 1. The summed E-state index contributed by atoms with van der Waals surface area (Å²) in [7, 11) is 0. The Morgan fingerprint density at radius 2 is 1.63 bits per heavy atom. The van der Waals surface area contributed by atoms with Crippen molar-refractivity contribution >= 4 is 11.7 Å². The predicted molar refractivity (Wildman–Crippen MR) is 110 cm³/mol. The Labute approximate surface area is 165 Å². The maximum atomic E-state index is 12.4. The molecule has 0 atom stereocenters. The van der Waals surface area contributed by atoms with Gasteiger partial charge in [0, 0.05) is 45.2 Å². The van der Waals surface area contributed by atoms with E-state index in [0.717, 1.165) is 71.1 Å². The molecule has 0 bridgehead atoms. The number of piperazine rings is 1. The van der Waals surface area contributed by atoms with Crippen molar-refractivity contribution in [2.75, 3.05) is 58.9 Å². The minimum Gasteiger partial charge on any atom is -0.340 e. The molecule has 0 aromatic carbocycles. The molecule has 2 aliphatic rings. The van der Waals surface area contributed by atoms with Crippen LogP contribution in [0.15, 0.2) is 0 Å². The Morgan fingerprint density at radius 3 is 2.22 bits per heavy atom. The summed E-state index contributed by atoms with van der Waals surface area (Å²) in [4.78, 5) is 30.5. The van der Waals surface area contributed by atoms with E-state index in [0.29, 0.717) is 24.9 Å². The maximum Gasteiger partial charge on any atom is 0.222 e. The van der Waals surface area contributed by atoms with Gasteiger partial charge in [0.2, 0.25) is 5.91 Å². The van der Waals surface area contributed by atoms with Crippen molar-refractivity contribution in [1.82, 2.24) is 20.0 Å². The summed E-state index contributed by atoms with van der Waals surface area (Å²) in [5.41, 5.74) is 0. The van der Waals surface area contributed by atoms with Crippen LogP contribution in [-0.4, -0.2) is 91.3 Å². The SMILES string of the molecule is CC(=O)CN1CCC(CN2CCN(C(=O)CCCCNC(C)C)CC2)CC1. The number of amides is 1. The number of nitrogens with one attached hydrogen (secondary N) is 1. The molecule has 0 aliphatic carbocycles. The molecule has 1 N–H and O–H groups in total. The zero-order valence-corrected chi connectivity index (χ0v) is 17.7. The first-order valence-corrected chi connectivity index (χ1v) is 10.9. The summed E-state index contributed by atoms with van der Waals surface area (Å²) < 4.78 is 0. The second-order valence-electron chi connectivity index (χ2n) is 8.67.